The lowest BCUT2D eigenvalue weighted by Gasteiger charge is -2.41. The number of nitrogens with one attached hydrogen (secondary N) is 1. The fourth-order valence-corrected chi connectivity index (χ4v) is 2.68. The van der Waals surface area contributed by atoms with Gasteiger partial charge < -0.3 is 15.0 Å². The van der Waals surface area contributed by atoms with Crippen molar-refractivity contribution >= 4 is 5.91 Å². The maximum absolute atomic E-state index is 12.5. The lowest BCUT2D eigenvalue weighted by atomic mass is 9.91. The van der Waals surface area contributed by atoms with E-state index in [2.05, 4.69) is 19.2 Å². The second-order valence-electron chi connectivity index (χ2n) is 5.87. The SMILES string of the molecule is CCCNC1CCN(C(=O)C(C)(CC)OC)CC1C. The van der Waals surface area contributed by atoms with Crippen LogP contribution in [0.1, 0.15) is 47.0 Å². The van der Waals surface area contributed by atoms with Crippen molar-refractivity contribution in [2.45, 2.75) is 58.6 Å². The summed E-state index contributed by atoms with van der Waals surface area (Å²) in [5.74, 6) is 0.639. The first-order valence-electron chi connectivity index (χ1n) is 7.56. The van der Waals surface area contributed by atoms with Crippen LogP contribution in [0.3, 0.4) is 0 Å². The van der Waals surface area contributed by atoms with Gasteiger partial charge in [0.2, 0.25) is 0 Å². The summed E-state index contributed by atoms with van der Waals surface area (Å²) in [5, 5.41) is 3.58. The number of hydrogen-bond donors (Lipinski definition) is 1. The third-order valence-corrected chi connectivity index (χ3v) is 4.43. The van der Waals surface area contributed by atoms with E-state index in [0.717, 1.165) is 32.5 Å². The predicted octanol–water partition coefficient (Wildman–Crippen LogP) is 2.04. The first kappa shape index (κ1) is 16.4. The van der Waals surface area contributed by atoms with Crippen LogP contribution in [0.2, 0.25) is 0 Å². The minimum atomic E-state index is -0.663. The second-order valence-corrected chi connectivity index (χ2v) is 5.87. The van der Waals surface area contributed by atoms with Gasteiger partial charge in [-0.3, -0.25) is 4.79 Å². The molecule has 0 aliphatic carbocycles. The largest absolute Gasteiger partial charge is 0.369 e. The van der Waals surface area contributed by atoms with Gasteiger partial charge in [-0.1, -0.05) is 20.8 Å². The number of ether oxygens (including phenoxy) is 1. The Kier molecular flexibility index (Phi) is 6.27. The first-order chi connectivity index (χ1) is 8.98. The Bertz CT molecular complexity index is 290. The van der Waals surface area contributed by atoms with Gasteiger partial charge in [-0.2, -0.15) is 0 Å². The van der Waals surface area contributed by atoms with Gasteiger partial charge in [0.1, 0.15) is 5.60 Å². The summed E-state index contributed by atoms with van der Waals surface area (Å²) in [4.78, 5) is 14.5. The van der Waals surface area contributed by atoms with Gasteiger partial charge in [0, 0.05) is 26.2 Å². The lowest BCUT2D eigenvalue weighted by Crippen LogP contribution is -2.55. The van der Waals surface area contributed by atoms with Gasteiger partial charge in [-0.05, 0) is 38.6 Å². The molecular weight excluding hydrogens is 240 g/mol. The number of amides is 1. The zero-order chi connectivity index (χ0) is 14.5. The lowest BCUT2D eigenvalue weighted by molar-refractivity contribution is -0.155. The molecule has 1 fully saturated rings. The van der Waals surface area contributed by atoms with E-state index in [1.807, 2.05) is 18.7 Å². The summed E-state index contributed by atoms with van der Waals surface area (Å²) in [5.41, 5.74) is -0.663. The highest BCUT2D eigenvalue weighted by Crippen LogP contribution is 2.23. The highest BCUT2D eigenvalue weighted by atomic mass is 16.5. The number of carbonyl (C=O) groups is 1. The molecule has 0 aromatic carbocycles. The van der Waals surface area contributed by atoms with Crippen molar-refractivity contribution in [1.29, 1.82) is 0 Å². The Balaban J connectivity index is 2.58. The Morgan fingerprint density at radius 3 is 2.63 bits per heavy atom. The zero-order valence-corrected chi connectivity index (χ0v) is 13.2. The fourth-order valence-electron chi connectivity index (χ4n) is 2.68. The van der Waals surface area contributed by atoms with Crippen LogP contribution in [-0.4, -0.2) is 49.2 Å². The fraction of sp³-hybridized carbons (Fsp3) is 0.933. The minimum Gasteiger partial charge on any atom is -0.369 e. The molecule has 1 heterocycles. The van der Waals surface area contributed by atoms with Crippen molar-refractivity contribution in [2.75, 3.05) is 26.7 Å². The maximum Gasteiger partial charge on any atom is 0.254 e. The molecular formula is C15H30N2O2. The number of piperidine rings is 1. The number of hydrogen-bond acceptors (Lipinski definition) is 3. The molecule has 0 aromatic rings. The van der Waals surface area contributed by atoms with E-state index in [4.69, 9.17) is 4.74 Å². The van der Waals surface area contributed by atoms with Crippen molar-refractivity contribution in [3.8, 4) is 0 Å². The molecule has 1 N–H and O–H groups in total. The smallest absolute Gasteiger partial charge is 0.254 e. The average Bonchev–Trinajstić information content (AvgIpc) is 2.44. The molecule has 112 valence electrons. The minimum absolute atomic E-state index is 0.137. The molecule has 0 radical (unpaired) electrons. The molecule has 4 heteroatoms. The number of likely N-dealkylation sites (tertiary alicyclic amines) is 1. The van der Waals surface area contributed by atoms with Crippen LogP contribution < -0.4 is 5.32 Å². The van der Waals surface area contributed by atoms with Crippen LogP contribution in [0.15, 0.2) is 0 Å². The van der Waals surface area contributed by atoms with Crippen LogP contribution in [-0.2, 0) is 9.53 Å². The van der Waals surface area contributed by atoms with E-state index in [0.29, 0.717) is 18.4 Å². The Hall–Kier alpha value is -0.610. The molecule has 1 aliphatic rings. The van der Waals surface area contributed by atoms with Crippen molar-refractivity contribution in [1.82, 2.24) is 10.2 Å². The summed E-state index contributed by atoms with van der Waals surface area (Å²) in [6.07, 6.45) is 2.91. The summed E-state index contributed by atoms with van der Waals surface area (Å²) in [7, 11) is 1.63. The molecule has 19 heavy (non-hydrogen) atoms. The van der Waals surface area contributed by atoms with Gasteiger partial charge in [-0.25, -0.2) is 0 Å². The van der Waals surface area contributed by atoms with Gasteiger partial charge >= 0.3 is 0 Å². The Morgan fingerprint density at radius 1 is 1.47 bits per heavy atom. The van der Waals surface area contributed by atoms with Crippen molar-refractivity contribution in [3.63, 3.8) is 0 Å². The van der Waals surface area contributed by atoms with Crippen molar-refractivity contribution < 1.29 is 9.53 Å². The van der Waals surface area contributed by atoms with Gasteiger partial charge in [0.15, 0.2) is 0 Å². The molecule has 3 atom stereocenters. The normalized spacial score (nSPS) is 27.1. The topological polar surface area (TPSA) is 41.6 Å². The third kappa shape index (κ3) is 3.93. The number of rotatable bonds is 6. The number of methoxy groups -OCH3 is 1. The van der Waals surface area contributed by atoms with Crippen LogP contribution >= 0.6 is 0 Å². The summed E-state index contributed by atoms with van der Waals surface area (Å²) < 4.78 is 5.42. The van der Waals surface area contributed by atoms with E-state index in [1.54, 1.807) is 7.11 Å². The van der Waals surface area contributed by atoms with Crippen LogP contribution in [0.25, 0.3) is 0 Å². The number of carbonyl (C=O) groups excluding carboxylic acids is 1. The summed E-state index contributed by atoms with van der Waals surface area (Å²) in [6, 6.07) is 0.541. The molecule has 0 bridgehead atoms. The summed E-state index contributed by atoms with van der Waals surface area (Å²) in [6.45, 7) is 11.0. The highest BCUT2D eigenvalue weighted by molar-refractivity contribution is 5.85. The van der Waals surface area contributed by atoms with E-state index in [9.17, 15) is 4.79 Å². The second kappa shape index (κ2) is 7.25. The van der Waals surface area contributed by atoms with Crippen LogP contribution in [0.5, 0.6) is 0 Å². The van der Waals surface area contributed by atoms with Gasteiger partial charge in [-0.15, -0.1) is 0 Å². The quantitative estimate of drug-likeness (QED) is 0.803. The molecule has 0 aromatic heterocycles. The van der Waals surface area contributed by atoms with Crippen molar-refractivity contribution in [2.24, 2.45) is 5.92 Å². The van der Waals surface area contributed by atoms with Gasteiger partial charge in [0.25, 0.3) is 5.91 Å². The maximum atomic E-state index is 12.5. The van der Waals surface area contributed by atoms with Crippen LogP contribution in [0, 0.1) is 5.92 Å². The molecule has 4 nitrogen and oxygen atoms in total. The zero-order valence-electron chi connectivity index (χ0n) is 13.2. The standard InChI is InChI=1S/C15H30N2O2/c1-6-9-16-13-8-10-17(11-12(13)3)14(18)15(4,7-2)19-5/h12-13,16H,6-11H2,1-5H3. The van der Waals surface area contributed by atoms with E-state index in [1.165, 1.54) is 0 Å². The third-order valence-electron chi connectivity index (χ3n) is 4.43. The monoisotopic (exact) mass is 270 g/mol. The van der Waals surface area contributed by atoms with Crippen LogP contribution in [0.4, 0.5) is 0 Å². The molecule has 3 unspecified atom stereocenters. The predicted molar refractivity (Wildman–Crippen MR) is 78.1 cm³/mol. The first-order valence-corrected chi connectivity index (χ1v) is 7.56. The molecule has 0 spiro atoms. The Morgan fingerprint density at radius 2 is 2.16 bits per heavy atom. The van der Waals surface area contributed by atoms with E-state index < -0.39 is 5.60 Å². The highest BCUT2D eigenvalue weighted by Gasteiger charge is 2.38. The Labute approximate surface area is 117 Å². The van der Waals surface area contributed by atoms with E-state index >= 15 is 0 Å². The summed E-state index contributed by atoms with van der Waals surface area (Å²) >= 11 is 0. The number of nitrogens with zero attached hydrogens (tertiary/aromatic N) is 1. The molecule has 1 amide bonds. The van der Waals surface area contributed by atoms with E-state index in [-0.39, 0.29) is 5.91 Å². The van der Waals surface area contributed by atoms with Gasteiger partial charge in [0.05, 0.1) is 0 Å². The average molecular weight is 270 g/mol. The van der Waals surface area contributed by atoms with Crippen molar-refractivity contribution in [3.05, 3.63) is 0 Å². The molecule has 1 rings (SSSR count). The molecule has 0 saturated carbocycles. The molecule has 1 aliphatic heterocycles. The molecule has 1 saturated heterocycles.